The molecule has 0 aliphatic rings. The summed E-state index contributed by atoms with van der Waals surface area (Å²) in [6.45, 7) is 5.15. The largest absolute Gasteiger partial charge is 0.337 e. The maximum Gasteiger partial charge on any atom is 0.122 e. The van der Waals surface area contributed by atoms with Gasteiger partial charge in [0.15, 0.2) is 0 Å². The fourth-order valence-electron chi connectivity index (χ4n) is 1.97. The van der Waals surface area contributed by atoms with E-state index < -0.39 is 0 Å². The summed E-state index contributed by atoms with van der Waals surface area (Å²) in [6.07, 6.45) is 4.89. The number of aryl methyl sites for hydroxylation is 2. The first kappa shape index (κ1) is 12.8. The van der Waals surface area contributed by atoms with Gasteiger partial charge in [-0.3, -0.25) is 0 Å². The van der Waals surface area contributed by atoms with Crippen LogP contribution in [0.1, 0.15) is 36.8 Å². The van der Waals surface area contributed by atoms with Crippen molar-refractivity contribution >= 4 is 0 Å². The maximum absolute atomic E-state index is 4.31. The third-order valence-corrected chi connectivity index (χ3v) is 3.38. The SMILES string of the molecule is CCc1ccc([C@@H](C)NCc2nccn2C)cc1. The number of rotatable bonds is 5. The molecule has 0 aliphatic heterocycles. The molecule has 0 amide bonds. The molecule has 0 unspecified atom stereocenters. The van der Waals surface area contributed by atoms with Crippen molar-refractivity contribution in [2.45, 2.75) is 32.9 Å². The highest BCUT2D eigenvalue weighted by Crippen LogP contribution is 2.14. The lowest BCUT2D eigenvalue weighted by Crippen LogP contribution is -2.20. The molecule has 0 saturated carbocycles. The van der Waals surface area contributed by atoms with Crippen LogP contribution >= 0.6 is 0 Å². The maximum atomic E-state index is 4.31. The standard InChI is InChI=1S/C15H21N3/c1-4-13-5-7-14(8-6-13)12(2)17-11-15-16-9-10-18(15)3/h5-10,12,17H,4,11H2,1-3H3/t12-/m1/s1. The summed E-state index contributed by atoms with van der Waals surface area (Å²) in [5, 5.41) is 3.50. The number of imidazole rings is 1. The molecular formula is C15H21N3. The van der Waals surface area contributed by atoms with E-state index in [4.69, 9.17) is 0 Å². The highest BCUT2D eigenvalue weighted by Gasteiger charge is 2.06. The van der Waals surface area contributed by atoms with Crippen molar-refractivity contribution in [3.8, 4) is 0 Å². The minimum Gasteiger partial charge on any atom is -0.337 e. The van der Waals surface area contributed by atoms with Crippen molar-refractivity contribution in [2.75, 3.05) is 0 Å². The van der Waals surface area contributed by atoms with Gasteiger partial charge in [-0.25, -0.2) is 4.98 Å². The van der Waals surface area contributed by atoms with Crippen LogP contribution in [0.2, 0.25) is 0 Å². The first-order chi connectivity index (χ1) is 8.70. The monoisotopic (exact) mass is 243 g/mol. The van der Waals surface area contributed by atoms with E-state index in [-0.39, 0.29) is 0 Å². The molecule has 96 valence electrons. The van der Waals surface area contributed by atoms with Gasteiger partial charge in [0.1, 0.15) is 5.82 Å². The minimum absolute atomic E-state index is 0.340. The Morgan fingerprint density at radius 2 is 2.00 bits per heavy atom. The van der Waals surface area contributed by atoms with Crippen molar-refractivity contribution < 1.29 is 0 Å². The van der Waals surface area contributed by atoms with Gasteiger partial charge in [0.2, 0.25) is 0 Å². The van der Waals surface area contributed by atoms with Gasteiger partial charge in [-0.15, -0.1) is 0 Å². The van der Waals surface area contributed by atoms with E-state index in [0.29, 0.717) is 6.04 Å². The van der Waals surface area contributed by atoms with Gasteiger partial charge in [-0.1, -0.05) is 31.2 Å². The quantitative estimate of drug-likeness (QED) is 0.875. The second-order valence-corrected chi connectivity index (χ2v) is 4.65. The Balaban J connectivity index is 1.94. The Morgan fingerprint density at radius 1 is 1.28 bits per heavy atom. The zero-order valence-electron chi connectivity index (χ0n) is 11.4. The van der Waals surface area contributed by atoms with Crippen molar-refractivity contribution in [2.24, 2.45) is 7.05 Å². The molecule has 0 saturated heterocycles. The Morgan fingerprint density at radius 3 is 2.56 bits per heavy atom. The van der Waals surface area contributed by atoms with Crippen LogP contribution in [0.15, 0.2) is 36.7 Å². The predicted molar refractivity (Wildman–Crippen MR) is 74.3 cm³/mol. The topological polar surface area (TPSA) is 29.9 Å². The van der Waals surface area contributed by atoms with E-state index in [1.165, 1.54) is 11.1 Å². The van der Waals surface area contributed by atoms with E-state index in [2.05, 4.69) is 48.4 Å². The Hall–Kier alpha value is -1.61. The van der Waals surface area contributed by atoms with Gasteiger partial charge >= 0.3 is 0 Å². The van der Waals surface area contributed by atoms with Crippen LogP contribution in [0.25, 0.3) is 0 Å². The van der Waals surface area contributed by atoms with Crippen molar-refractivity contribution in [1.29, 1.82) is 0 Å². The number of hydrogen-bond acceptors (Lipinski definition) is 2. The molecule has 2 rings (SSSR count). The third-order valence-electron chi connectivity index (χ3n) is 3.38. The Kier molecular flexibility index (Phi) is 4.15. The van der Waals surface area contributed by atoms with Crippen molar-refractivity contribution in [3.63, 3.8) is 0 Å². The number of hydrogen-bond donors (Lipinski definition) is 1. The predicted octanol–water partition coefficient (Wildman–Crippen LogP) is 2.83. The molecule has 3 heteroatoms. The fraction of sp³-hybridized carbons (Fsp3) is 0.400. The number of aromatic nitrogens is 2. The van der Waals surface area contributed by atoms with Crippen LogP contribution in [0, 0.1) is 0 Å². The summed E-state index contributed by atoms with van der Waals surface area (Å²) >= 11 is 0. The molecule has 1 atom stereocenters. The number of nitrogens with zero attached hydrogens (tertiary/aromatic N) is 2. The van der Waals surface area contributed by atoms with Crippen LogP contribution in [0.3, 0.4) is 0 Å². The molecule has 1 N–H and O–H groups in total. The molecule has 18 heavy (non-hydrogen) atoms. The summed E-state index contributed by atoms with van der Waals surface area (Å²) in [5.74, 6) is 1.06. The smallest absolute Gasteiger partial charge is 0.122 e. The van der Waals surface area contributed by atoms with Crippen LogP contribution in [-0.2, 0) is 20.0 Å². The fourth-order valence-corrected chi connectivity index (χ4v) is 1.97. The molecule has 1 heterocycles. The van der Waals surface area contributed by atoms with Gasteiger partial charge in [0.25, 0.3) is 0 Å². The molecule has 0 bridgehead atoms. The molecule has 2 aromatic rings. The summed E-state index contributed by atoms with van der Waals surface area (Å²) in [5.41, 5.74) is 2.71. The van der Waals surface area contributed by atoms with Crippen LogP contribution < -0.4 is 5.32 Å². The Labute approximate surface area is 109 Å². The van der Waals surface area contributed by atoms with Gasteiger partial charge in [-0.05, 0) is 24.5 Å². The molecule has 1 aromatic heterocycles. The summed E-state index contributed by atoms with van der Waals surface area (Å²) < 4.78 is 2.04. The number of benzene rings is 1. The van der Waals surface area contributed by atoms with E-state index in [0.717, 1.165) is 18.8 Å². The highest BCUT2D eigenvalue weighted by molar-refractivity contribution is 5.24. The molecule has 3 nitrogen and oxygen atoms in total. The van der Waals surface area contributed by atoms with Gasteiger partial charge in [0, 0.05) is 25.5 Å². The second-order valence-electron chi connectivity index (χ2n) is 4.65. The summed E-state index contributed by atoms with van der Waals surface area (Å²) in [6, 6.07) is 9.15. The zero-order chi connectivity index (χ0) is 13.0. The zero-order valence-corrected chi connectivity index (χ0v) is 11.4. The molecule has 0 aliphatic carbocycles. The molecule has 1 aromatic carbocycles. The molecular weight excluding hydrogens is 222 g/mol. The van der Waals surface area contributed by atoms with E-state index >= 15 is 0 Å². The second kappa shape index (κ2) is 5.83. The Bertz CT molecular complexity index is 485. The number of nitrogens with one attached hydrogen (secondary N) is 1. The lowest BCUT2D eigenvalue weighted by molar-refractivity contribution is 0.549. The lowest BCUT2D eigenvalue weighted by Gasteiger charge is -2.14. The summed E-state index contributed by atoms with van der Waals surface area (Å²) in [4.78, 5) is 4.31. The average Bonchev–Trinajstić information content (AvgIpc) is 2.81. The van der Waals surface area contributed by atoms with E-state index in [9.17, 15) is 0 Å². The third kappa shape index (κ3) is 2.99. The average molecular weight is 243 g/mol. The van der Waals surface area contributed by atoms with Crippen molar-refractivity contribution in [1.82, 2.24) is 14.9 Å². The van der Waals surface area contributed by atoms with Crippen LogP contribution in [-0.4, -0.2) is 9.55 Å². The van der Waals surface area contributed by atoms with Crippen molar-refractivity contribution in [3.05, 3.63) is 53.6 Å². The highest BCUT2D eigenvalue weighted by atomic mass is 15.1. The molecule has 0 radical (unpaired) electrons. The van der Waals surface area contributed by atoms with Gasteiger partial charge in [0.05, 0.1) is 6.54 Å². The molecule has 0 spiro atoms. The normalized spacial score (nSPS) is 12.6. The van der Waals surface area contributed by atoms with Crippen LogP contribution in [0.5, 0.6) is 0 Å². The first-order valence-electron chi connectivity index (χ1n) is 6.49. The van der Waals surface area contributed by atoms with Gasteiger partial charge in [-0.2, -0.15) is 0 Å². The first-order valence-corrected chi connectivity index (χ1v) is 6.49. The minimum atomic E-state index is 0.340. The van der Waals surface area contributed by atoms with Crippen LogP contribution in [0.4, 0.5) is 0 Å². The van der Waals surface area contributed by atoms with E-state index in [1.807, 2.05) is 24.0 Å². The lowest BCUT2D eigenvalue weighted by atomic mass is 10.1. The van der Waals surface area contributed by atoms with Gasteiger partial charge < -0.3 is 9.88 Å². The molecule has 0 fully saturated rings. The summed E-state index contributed by atoms with van der Waals surface area (Å²) in [7, 11) is 2.02. The van der Waals surface area contributed by atoms with E-state index in [1.54, 1.807) is 0 Å².